The molecule has 0 aliphatic carbocycles. The zero-order valence-electron chi connectivity index (χ0n) is 20.8. The van der Waals surface area contributed by atoms with Crippen molar-refractivity contribution < 1.29 is 9.22 Å². The summed E-state index contributed by atoms with van der Waals surface area (Å²) in [5.74, 6) is 0. The van der Waals surface area contributed by atoms with Gasteiger partial charge in [-0.2, -0.15) is 0 Å². The highest BCUT2D eigenvalue weighted by Crippen LogP contribution is 2.36. The van der Waals surface area contributed by atoms with Gasteiger partial charge in [-0.15, -0.1) is 0 Å². The highest BCUT2D eigenvalue weighted by atomic mass is 28.4. The topological polar surface area (TPSA) is 62.0 Å². The first-order valence-corrected chi connectivity index (χ1v) is 14.7. The van der Waals surface area contributed by atoms with Gasteiger partial charge in [-0.3, -0.25) is 4.90 Å². The molecule has 1 fully saturated rings. The third-order valence-electron chi connectivity index (χ3n) is 6.91. The van der Waals surface area contributed by atoms with E-state index in [1.807, 2.05) is 46.2 Å². The molecule has 1 saturated heterocycles. The molecule has 2 amide bonds. The van der Waals surface area contributed by atoms with Crippen LogP contribution in [0.2, 0.25) is 18.1 Å². The Morgan fingerprint density at radius 1 is 0.909 bits per heavy atom. The molecule has 2 N–H and O–H groups in total. The van der Waals surface area contributed by atoms with Gasteiger partial charge >= 0.3 is 6.03 Å². The monoisotopic (exact) mass is 468 g/mol. The van der Waals surface area contributed by atoms with Crippen molar-refractivity contribution in [3.8, 4) is 0 Å². The lowest BCUT2D eigenvalue weighted by molar-refractivity contribution is -0.00779. The maximum atomic E-state index is 13.4. The van der Waals surface area contributed by atoms with Crippen molar-refractivity contribution in [2.75, 3.05) is 26.5 Å². The van der Waals surface area contributed by atoms with Gasteiger partial charge in [-0.25, -0.2) is 4.79 Å². The fourth-order valence-electron chi connectivity index (χ4n) is 3.72. The summed E-state index contributed by atoms with van der Waals surface area (Å²) in [7, 11) is -1.89. The Bertz CT molecular complexity index is 833. The number of urea groups is 1. The lowest BCUT2D eigenvalue weighted by atomic mass is 10.2. The SMILES string of the molecule is CC(C)(C)[Si](C)(C)OC[C@H](CN)N1CN(Cc2ccccc2)C(=O)N(Cc2ccccc2)C1. The molecule has 1 aliphatic rings. The third-order valence-corrected chi connectivity index (χ3v) is 11.4. The third kappa shape index (κ3) is 6.66. The van der Waals surface area contributed by atoms with E-state index in [1.54, 1.807) is 0 Å². The summed E-state index contributed by atoms with van der Waals surface area (Å²) in [6.45, 7) is 14.6. The largest absolute Gasteiger partial charge is 0.415 e. The van der Waals surface area contributed by atoms with E-state index in [4.69, 9.17) is 10.2 Å². The number of nitrogens with zero attached hydrogens (tertiary/aromatic N) is 3. The first-order chi connectivity index (χ1) is 15.6. The van der Waals surface area contributed by atoms with E-state index >= 15 is 0 Å². The Balaban J connectivity index is 1.78. The van der Waals surface area contributed by atoms with Gasteiger partial charge in [0.05, 0.1) is 19.9 Å². The van der Waals surface area contributed by atoms with Crippen LogP contribution in [0.5, 0.6) is 0 Å². The second kappa shape index (κ2) is 10.8. The van der Waals surface area contributed by atoms with Gasteiger partial charge in [0.15, 0.2) is 8.32 Å². The highest BCUT2D eigenvalue weighted by Gasteiger charge is 2.39. The normalized spacial score (nSPS) is 16.8. The molecule has 0 bridgehead atoms. The summed E-state index contributed by atoms with van der Waals surface area (Å²) in [4.78, 5) is 19.5. The number of nitrogens with two attached hydrogens (primary N) is 1. The van der Waals surface area contributed by atoms with E-state index in [0.29, 0.717) is 39.6 Å². The van der Waals surface area contributed by atoms with Crippen LogP contribution in [0.15, 0.2) is 60.7 Å². The molecule has 7 heteroatoms. The number of hydrogen-bond acceptors (Lipinski definition) is 4. The molecule has 0 unspecified atom stereocenters. The summed E-state index contributed by atoms with van der Waals surface area (Å²) in [6.07, 6.45) is 0. The standard InChI is InChI=1S/C26H40N4O2Si/c1-26(2,3)33(4,5)32-19-24(16-27)30-20-28(17-22-12-8-6-9-13-22)25(31)29(21-30)18-23-14-10-7-11-15-23/h6-15,24H,16-21,27H2,1-5H3/t24-/m0/s1. The quantitative estimate of drug-likeness (QED) is 0.542. The number of carbonyl (C=O) groups is 1. The van der Waals surface area contributed by atoms with Crippen LogP contribution >= 0.6 is 0 Å². The summed E-state index contributed by atoms with van der Waals surface area (Å²) < 4.78 is 6.53. The molecule has 1 heterocycles. The molecule has 0 aromatic heterocycles. The second-order valence-corrected chi connectivity index (χ2v) is 15.3. The summed E-state index contributed by atoms with van der Waals surface area (Å²) in [5.41, 5.74) is 8.48. The summed E-state index contributed by atoms with van der Waals surface area (Å²) >= 11 is 0. The highest BCUT2D eigenvalue weighted by molar-refractivity contribution is 6.74. The van der Waals surface area contributed by atoms with E-state index in [9.17, 15) is 4.79 Å². The fourth-order valence-corrected chi connectivity index (χ4v) is 4.76. The first kappa shape index (κ1) is 25.4. The van der Waals surface area contributed by atoms with Crippen LogP contribution < -0.4 is 5.73 Å². The molecule has 0 spiro atoms. The zero-order valence-corrected chi connectivity index (χ0v) is 21.8. The lowest BCUT2D eigenvalue weighted by Gasteiger charge is -2.46. The molecule has 0 saturated carbocycles. The average Bonchev–Trinajstić information content (AvgIpc) is 2.78. The van der Waals surface area contributed by atoms with E-state index in [2.05, 4.69) is 63.0 Å². The van der Waals surface area contributed by atoms with Crippen molar-refractivity contribution in [3.63, 3.8) is 0 Å². The van der Waals surface area contributed by atoms with Gasteiger partial charge in [-0.05, 0) is 29.3 Å². The van der Waals surface area contributed by atoms with Gasteiger partial charge < -0.3 is 20.0 Å². The molecular formula is C26H40N4O2Si. The minimum atomic E-state index is -1.89. The van der Waals surface area contributed by atoms with Crippen LogP contribution in [0.3, 0.4) is 0 Å². The predicted octanol–water partition coefficient (Wildman–Crippen LogP) is 4.69. The molecule has 180 valence electrons. The smallest absolute Gasteiger partial charge is 0.322 e. The van der Waals surface area contributed by atoms with E-state index in [-0.39, 0.29) is 17.1 Å². The van der Waals surface area contributed by atoms with E-state index in [1.165, 1.54) is 0 Å². The lowest BCUT2D eigenvalue weighted by Crippen LogP contribution is -2.62. The molecule has 3 rings (SSSR count). The predicted molar refractivity (Wildman–Crippen MR) is 137 cm³/mol. The van der Waals surface area contributed by atoms with Crippen LogP contribution in [0, 0.1) is 0 Å². The van der Waals surface area contributed by atoms with Gasteiger partial charge in [0.1, 0.15) is 0 Å². The molecular weight excluding hydrogens is 428 g/mol. The van der Waals surface area contributed by atoms with Crippen molar-refractivity contribution in [1.29, 1.82) is 0 Å². The molecule has 2 aromatic rings. The van der Waals surface area contributed by atoms with Gasteiger partial charge in [-0.1, -0.05) is 81.4 Å². The summed E-state index contributed by atoms with van der Waals surface area (Å²) in [6, 6.07) is 20.4. The van der Waals surface area contributed by atoms with Crippen LogP contribution in [-0.2, 0) is 17.5 Å². The molecule has 1 atom stereocenters. The van der Waals surface area contributed by atoms with E-state index < -0.39 is 8.32 Å². The van der Waals surface area contributed by atoms with Crippen molar-refractivity contribution >= 4 is 14.3 Å². The molecule has 6 nitrogen and oxygen atoms in total. The maximum Gasteiger partial charge on any atom is 0.322 e. The van der Waals surface area contributed by atoms with E-state index in [0.717, 1.165) is 11.1 Å². The van der Waals surface area contributed by atoms with Crippen LogP contribution in [0.4, 0.5) is 4.79 Å². The molecule has 1 aliphatic heterocycles. The molecule has 33 heavy (non-hydrogen) atoms. The van der Waals surface area contributed by atoms with Gasteiger partial charge in [0.2, 0.25) is 0 Å². The van der Waals surface area contributed by atoms with Crippen molar-refractivity contribution in [2.45, 2.75) is 58.0 Å². The maximum absolute atomic E-state index is 13.4. The zero-order chi connectivity index (χ0) is 24.1. The number of benzene rings is 2. The average molecular weight is 469 g/mol. The van der Waals surface area contributed by atoms with Crippen LogP contribution in [0.1, 0.15) is 31.9 Å². The second-order valence-electron chi connectivity index (χ2n) is 10.5. The number of amides is 2. The first-order valence-electron chi connectivity index (χ1n) is 11.8. The molecule has 0 radical (unpaired) electrons. The van der Waals surface area contributed by atoms with Gasteiger partial charge in [0.25, 0.3) is 0 Å². The Morgan fingerprint density at radius 2 is 1.36 bits per heavy atom. The Labute approximate surface area is 200 Å². The van der Waals surface area contributed by atoms with Crippen molar-refractivity contribution in [3.05, 3.63) is 71.8 Å². The molecule has 2 aromatic carbocycles. The number of carbonyl (C=O) groups excluding carboxylic acids is 1. The van der Waals surface area contributed by atoms with Crippen LogP contribution in [-0.4, -0.2) is 61.6 Å². The van der Waals surface area contributed by atoms with Crippen molar-refractivity contribution in [2.24, 2.45) is 5.73 Å². The van der Waals surface area contributed by atoms with Crippen LogP contribution in [0.25, 0.3) is 0 Å². The Morgan fingerprint density at radius 3 is 1.76 bits per heavy atom. The number of hydrogen-bond donors (Lipinski definition) is 1. The van der Waals surface area contributed by atoms with Gasteiger partial charge in [0, 0.05) is 25.7 Å². The Kier molecular flexibility index (Phi) is 8.34. The summed E-state index contributed by atoms with van der Waals surface area (Å²) in [5, 5.41) is 0.142. The fraction of sp³-hybridized carbons (Fsp3) is 0.500. The minimum Gasteiger partial charge on any atom is -0.415 e. The number of rotatable bonds is 9. The minimum absolute atomic E-state index is 0.0452. The van der Waals surface area contributed by atoms with Crippen molar-refractivity contribution in [1.82, 2.24) is 14.7 Å². The Hall–Kier alpha value is -2.19.